The van der Waals surface area contributed by atoms with Crippen molar-refractivity contribution in [1.82, 2.24) is 4.90 Å². The molecule has 0 aliphatic heterocycles. The summed E-state index contributed by atoms with van der Waals surface area (Å²) < 4.78 is 22.5. The average Bonchev–Trinajstić information content (AvgIpc) is 2.97. The van der Waals surface area contributed by atoms with Gasteiger partial charge in [0.15, 0.2) is 12.2 Å². The molecule has 0 unspecified atom stereocenters. The summed E-state index contributed by atoms with van der Waals surface area (Å²) in [6.07, 6.45) is -0.335. The molecule has 0 saturated carbocycles. The molecule has 2 N–H and O–H groups in total. The highest BCUT2D eigenvalue weighted by Gasteiger charge is 2.18. The lowest BCUT2D eigenvalue weighted by Gasteiger charge is -2.24. The number of nitrogens with zero attached hydrogens (tertiary/aromatic N) is 1. The van der Waals surface area contributed by atoms with Crippen LogP contribution in [0.1, 0.15) is 44.2 Å². The van der Waals surface area contributed by atoms with Gasteiger partial charge in [-0.1, -0.05) is 38.1 Å². The van der Waals surface area contributed by atoms with Crippen LogP contribution >= 0.6 is 0 Å². The Labute approximate surface area is 241 Å². The van der Waals surface area contributed by atoms with Crippen molar-refractivity contribution in [3.05, 3.63) is 83.9 Å². The van der Waals surface area contributed by atoms with Crippen molar-refractivity contribution in [3.63, 3.8) is 0 Å². The van der Waals surface area contributed by atoms with E-state index in [2.05, 4.69) is 4.90 Å². The fourth-order valence-corrected chi connectivity index (χ4v) is 4.26. The van der Waals surface area contributed by atoms with Crippen molar-refractivity contribution in [2.24, 2.45) is 0 Å². The standard InChI is InChI=1S/C32H39NO8/c1-4-29(31(34)35)40-27-11-6-9-23(19-27)21-33(17-8-18-39-26-15-13-25(38-3)14-16-26)22-24-10-7-12-28(20-24)41-30(5-2)32(36)37/h6-7,9-16,19-20,29-30H,4-5,8,17-18,21-22H2,1-3H3,(H,34,35)(H,36,37)/t29-,30-/m1/s1. The topological polar surface area (TPSA) is 115 Å². The van der Waals surface area contributed by atoms with Gasteiger partial charge < -0.3 is 29.2 Å². The Kier molecular flexibility index (Phi) is 12.3. The van der Waals surface area contributed by atoms with Gasteiger partial charge >= 0.3 is 11.9 Å². The Morgan fingerprint density at radius 1 is 0.732 bits per heavy atom. The molecule has 0 radical (unpaired) electrons. The van der Waals surface area contributed by atoms with Crippen molar-refractivity contribution in [3.8, 4) is 23.0 Å². The van der Waals surface area contributed by atoms with E-state index < -0.39 is 24.1 Å². The highest BCUT2D eigenvalue weighted by molar-refractivity contribution is 5.73. The van der Waals surface area contributed by atoms with Crippen LogP contribution in [0.5, 0.6) is 23.0 Å². The summed E-state index contributed by atoms with van der Waals surface area (Å²) in [6, 6.07) is 22.4. The molecule has 0 saturated heterocycles. The van der Waals surface area contributed by atoms with Gasteiger partial charge in [-0.2, -0.15) is 0 Å². The second kappa shape index (κ2) is 16.1. The SMILES string of the molecule is CC[C@@H](Oc1cccc(CN(CCCOc2ccc(OC)cc2)Cc2cccc(O[C@H](CC)C(=O)O)c2)c1)C(=O)O. The fourth-order valence-electron chi connectivity index (χ4n) is 4.26. The monoisotopic (exact) mass is 565 g/mol. The second-order valence-corrected chi connectivity index (χ2v) is 9.59. The van der Waals surface area contributed by atoms with Gasteiger partial charge in [0.25, 0.3) is 0 Å². The number of carbonyl (C=O) groups is 2. The molecule has 0 aromatic heterocycles. The third-order valence-electron chi connectivity index (χ3n) is 6.41. The molecule has 0 fully saturated rings. The molecule has 220 valence electrons. The van der Waals surface area contributed by atoms with Crippen molar-refractivity contribution in [2.75, 3.05) is 20.3 Å². The van der Waals surface area contributed by atoms with Crippen LogP contribution in [0.2, 0.25) is 0 Å². The Hall–Kier alpha value is -4.24. The summed E-state index contributed by atoms with van der Waals surface area (Å²) in [7, 11) is 1.62. The third kappa shape index (κ3) is 10.3. The summed E-state index contributed by atoms with van der Waals surface area (Å²) in [5.41, 5.74) is 1.95. The first-order valence-corrected chi connectivity index (χ1v) is 13.8. The van der Waals surface area contributed by atoms with E-state index in [4.69, 9.17) is 18.9 Å². The number of hydrogen-bond donors (Lipinski definition) is 2. The molecule has 0 spiro atoms. The molecule has 3 aromatic rings. The van der Waals surface area contributed by atoms with Crippen LogP contribution in [-0.4, -0.2) is 59.5 Å². The average molecular weight is 566 g/mol. The molecule has 3 rings (SSSR count). The molecule has 9 heteroatoms. The zero-order chi connectivity index (χ0) is 29.6. The van der Waals surface area contributed by atoms with Crippen LogP contribution in [0.3, 0.4) is 0 Å². The molecular weight excluding hydrogens is 526 g/mol. The van der Waals surface area contributed by atoms with Gasteiger partial charge in [-0.05, 0) is 78.9 Å². The maximum atomic E-state index is 11.4. The Morgan fingerprint density at radius 2 is 1.22 bits per heavy atom. The van der Waals surface area contributed by atoms with Crippen molar-refractivity contribution < 1.29 is 38.7 Å². The number of benzene rings is 3. The lowest BCUT2D eigenvalue weighted by molar-refractivity contribution is -0.146. The number of methoxy groups -OCH3 is 1. The molecule has 0 aliphatic carbocycles. The van der Waals surface area contributed by atoms with E-state index in [0.717, 1.165) is 29.0 Å². The van der Waals surface area contributed by atoms with E-state index >= 15 is 0 Å². The summed E-state index contributed by atoms with van der Waals surface area (Å²) in [5, 5.41) is 18.7. The predicted octanol–water partition coefficient (Wildman–Crippen LogP) is 5.65. The smallest absolute Gasteiger partial charge is 0.344 e. The van der Waals surface area contributed by atoms with Crippen molar-refractivity contribution in [1.29, 1.82) is 0 Å². The molecule has 3 aromatic carbocycles. The number of carboxylic acid groups (broad SMARTS) is 2. The molecule has 0 heterocycles. The zero-order valence-corrected chi connectivity index (χ0v) is 23.8. The number of rotatable bonds is 18. The normalized spacial score (nSPS) is 12.4. The first-order valence-electron chi connectivity index (χ1n) is 13.8. The molecule has 41 heavy (non-hydrogen) atoms. The minimum absolute atomic E-state index is 0.360. The first kappa shape index (κ1) is 31.3. The molecule has 2 atom stereocenters. The quantitative estimate of drug-likeness (QED) is 0.189. The van der Waals surface area contributed by atoms with Crippen LogP contribution in [0.15, 0.2) is 72.8 Å². The van der Waals surface area contributed by atoms with Crippen LogP contribution < -0.4 is 18.9 Å². The van der Waals surface area contributed by atoms with E-state index in [-0.39, 0.29) is 0 Å². The van der Waals surface area contributed by atoms with Crippen LogP contribution in [0.25, 0.3) is 0 Å². The first-order chi connectivity index (χ1) is 19.8. The van der Waals surface area contributed by atoms with Crippen LogP contribution in [0, 0.1) is 0 Å². The Morgan fingerprint density at radius 3 is 1.66 bits per heavy atom. The maximum absolute atomic E-state index is 11.4. The van der Waals surface area contributed by atoms with Gasteiger partial charge in [-0.3, -0.25) is 4.90 Å². The third-order valence-corrected chi connectivity index (χ3v) is 6.41. The molecule has 9 nitrogen and oxygen atoms in total. The van der Waals surface area contributed by atoms with Crippen molar-refractivity contribution >= 4 is 11.9 Å². The summed E-state index contributed by atoms with van der Waals surface area (Å²) in [6.45, 7) is 5.95. The summed E-state index contributed by atoms with van der Waals surface area (Å²) >= 11 is 0. The zero-order valence-electron chi connectivity index (χ0n) is 23.8. The molecule has 0 aliphatic rings. The van der Waals surface area contributed by atoms with E-state index in [0.29, 0.717) is 50.6 Å². The van der Waals surface area contributed by atoms with Gasteiger partial charge in [0.05, 0.1) is 13.7 Å². The Balaban J connectivity index is 1.71. The number of ether oxygens (including phenoxy) is 4. The largest absolute Gasteiger partial charge is 0.497 e. The van der Waals surface area contributed by atoms with Gasteiger partial charge in [-0.25, -0.2) is 9.59 Å². The molecular formula is C32H39NO8. The summed E-state index contributed by atoms with van der Waals surface area (Å²) in [4.78, 5) is 25.1. The van der Waals surface area contributed by atoms with E-state index in [1.807, 2.05) is 60.7 Å². The van der Waals surface area contributed by atoms with Gasteiger partial charge in [0, 0.05) is 19.6 Å². The highest BCUT2D eigenvalue weighted by atomic mass is 16.5. The van der Waals surface area contributed by atoms with E-state index in [1.165, 1.54) is 0 Å². The number of carboxylic acids is 2. The van der Waals surface area contributed by atoms with E-state index in [1.54, 1.807) is 33.1 Å². The number of aliphatic carboxylic acids is 2. The summed E-state index contributed by atoms with van der Waals surface area (Å²) in [5.74, 6) is 0.560. The molecule has 0 bridgehead atoms. The minimum atomic E-state index is -0.994. The minimum Gasteiger partial charge on any atom is -0.497 e. The lowest BCUT2D eigenvalue weighted by atomic mass is 10.1. The van der Waals surface area contributed by atoms with Crippen LogP contribution in [0.4, 0.5) is 0 Å². The predicted molar refractivity (Wildman–Crippen MR) is 155 cm³/mol. The molecule has 0 amide bonds. The second-order valence-electron chi connectivity index (χ2n) is 9.59. The lowest BCUT2D eigenvalue weighted by Crippen LogP contribution is -2.27. The van der Waals surface area contributed by atoms with E-state index in [9.17, 15) is 19.8 Å². The maximum Gasteiger partial charge on any atom is 0.344 e. The Bertz CT molecular complexity index is 1180. The van der Waals surface area contributed by atoms with Gasteiger partial charge in [0.2, 0.25) is 0 Å². The van der Waals surface area contributed by atoms with Gasteiger partial charge in [0.1, 0.15) is 23.0 Å². The highest BCUT2D eigenvalue weighted by Crippen LogP contribution is 2.22. The van der Waals surface area contributed by atoms with Gasteiger partial charge in [-0.15, -0.1) is 0 Å². The number of hydrogen-bond acceptors (Lipinski definition) is 7. The fraction of sp³-hybridized carbons (Fsp3) is 0.375. The van der Waals surface area contributed by atoms with Crippen molar-refractivity contribution in [2.45, 2.75) is 58.4 Å². The van der Waals surface area contributed by atoms with Crippen LogP contribution in [-0.2, 0) is 22.7 Å².